The van der Waals surface area contributed by atoms with Gasteiger partial charge in [-0.25, -0.2) is 0 Å². The van der Waals surface area contributed by atoms with E-state index in [0.29, 0.717) is 18.5 Å². The second-order valence-corrected chi connectivity index (χ2v) is 6.34. The highest BCUT2D eigenvalue weighted by atomic mass is 32.2. The van der Waals surface area contributed by atoms with Crippen molar-refractivity contribution in [3.63, 3.8) is 0 Å². The minimum absolute atomic E-state index is 0.00170. The van der Waals surface area contributed by atoms with Gasteiger partial charge in [0.1, 0.15) is 0 Å². The van der Waals surface area contributed by atoms with Crippen molar-refractivity contribution < 1.29 is 14.3 Å². The summed E-state index contributed by atoms with van der Waals surface area (Å²) >= 11 is 1.63. The number of ether oxygens (including phenoxy) is 1. The van der Waals surface area contributed by atoms with Gasteiger partial charge in [0.05, 0.1) is 11.8 Å². The van der Waals surface area contributed by atoms with E-state index in [-0.39, 0.29) is 17.9 Å². The number of anilines is 1. The van der Waals surface area contributed by atoms with E-state index in [9.17, 15) is 9.59 Å². The van der Waals surface area contributed by atoms with Gasteiger partial charge in [-0.2, -0.15) is 0 Å². The Morgan fingerprint density at radius 3 is 3.19 bits per heavy atom. The lowest BCUT2D eigenvalue weighted by molar-refractivity contribution is -0.115. The van der Waals surface area contributed by atoms with Crippen LogP contribution in [0.25, 0.3) is 0 Å². The number of benzene rings is 1. The monoisotopic (exact) mass is 306 g/mol. The average Bonchev–Trinajstić information content (AvgIpc) is 2.92. The third-order valence-electron chi connectivity index (χ3n) is 3.62. The fraction of sp³-hybridized carbons (Fsp3) is 0.467. The van der Waals surface area contributed by atoms with Crippen LogP contribution in [0, 0.1) is 0 Å². The van der Waals surface area contributed by atoms with Gasteiger partial charge in [-0.1, -0.05) is 0 Å². The number of hydrogen-bond acceptors (Lipinski definition) is 4. The smallest absolute Gasteiger partial charge is 0.251 e. The molecular formula is C15H18N2O3S. The highest BCUT2D eigenvalue weighted by Crippen LogP contribution is 2.31. The zero-order valence-electron chi connectivity index (χ0n) is 11.7. The fourth-order valence-corrected chi connectivity index (χ4v) is 3.41. The molecular weight excluding hydrogens is 288 g/mol. The molecule has 1 aromatic carbocycles. The standard InChI is InChI=1S/C15H18N2O3S/c18-14-5-7-21-13-4-3-10(8-12(13)17-14)15(19)16-9-11-2-1-6-20-11/h3-4,8,11H,1-2,5-7,9H2,(H,16,19)(H,17,18). The molecule has 1 fully saturated rings. The molecule has 1 aromatic rings. The van der Waals surface area contributed by atoms with E-state index in [0.717, 1.165) is 35.8 Å². The van der Waals surface area contributed by atoms with Crippen LogP contribution in [0.4, 0.5) is 5.69 Å². The molecule has 2 aliphatic heterocycles. The molecule has 2 aliphatic rings. The summed E-state index contributed by atoms with van der Waals surface area (Å²) in [7, 11) is 0. The summed E-state index contributed by atoms with van der Waals surface area (Å²) in [4.78, 5) is 24.8. The van der Waals surface area contributed by atoms with Crippen LogP contribution in [-0.4, -0.2) is 36.8 Å². The lowest BCUT2D eigenvalue weighted by Gasteiger charge is -2.12. The minimum Gasteiger partial charge on any atom is -0.376 e. The van der Waals surface area contributed by atoms with E-state index in [4.69, 9.17) is 4.74 Å². The van der Waals surface area contributed by atoms with Crippen LogP contribution >= 0.6 is 11.8 Å². The normalized spacial score (nSPS) is 21.3. The number of nitrogens with one attached hydrogen (secondary N) is 2. The lowest BCUT2D eigenvalue weighted by Crippen LogP contribution is -2.31. The van der Waals surface area contributed by atoms with E-state index in [1.807, 2.05) is 6.07 Å². The number of hydrogen-bond donors (Lipinski definition) is 2. The number of fused-ring (bicyclic) bond motifs is 1. The molecule has 21 heavy (non-hydrogen) atoms. The molecule has 2 heterocycles. The molecule has 6 heteroatoms. The molecule has 2 amide bonds. The first-order valence-electron chi connectivity index (χ1n) is 7.19. The van der Waals surface area contributed by atoms with Crippen molar-refractivity contribution in [1.82, 2.24) is 5.32 Å². The predicted molar refractivity (Wildman–Crippen MR) is 81.7 cm³/mol. The second kappa shape index (κ2) is 6.49. The highest BCUT2D eigenvalue weighted by molar-refractivity contribution is 7.99. The van der Waals surface area contributed by atoms with Gasteiger partial charge in [0.2, 0.25) is 5.91 Å². The molecule has 0 aliphatic carbocycles. The fourth-order valence-electron chi connectivity index (χ4n) is 2.48. The summed E-state index contributed by atoms with van der Waals surface area (Å²) in [5.41, 5.74) is 1.29. The Morgan fingerprint density at radius 1 is 1.48 bits per heavy atom. The number of carbonyl (C=O) groups excluding carboxylic acids is 2. The Hall–Kier alpha value is -1.53. The number of carbonyl (C=O) groups is 2. The second-order valence-electron chi connectivity index (χ2n) is 5.20. The summed E-state index contributed by atoms with van der Waals surface area (Å²) < 4.78 is 5.49. The van der Waals surface area contributed by atoms with Gasteiger partial charge < -0.3 is 15.4 Å². The molecule has 2 N–H and O–H groups in total. The first-order valence-corrected chi connectivity index (χ1v) is 8.17. The Bertz CT molecular complexity index is 556. The quantitative estimate of drug-likeness (QED) is 0.896. The Balaban J connectivity index is 1.67. The average molecular weight is 306 g/mol. The van der Waals surface area contributed by atoms with Gasteiger partial charge in [0, 0.05) is 35.8 Å². The van der Waals surface area contributed by atoms with E-state index >= 15 is 0 Å². The maximum absolute atomic E-state index is 12.2. The maximum Gasteiger partial charge on any atom is 0.251 e. The van der Waals surface area contributed by atoms with Crippen molar-refractivity contribution >= 4 is 29.3 Å². The van der Waals surface area contributed by atoms with Gasteiger partial charge in [-0.3, -0.25) is 9.59 Å². The minimum atomic E-state index is -0.128. The molecule has 112 valence electrons. The molecule has 5 nitrogen and oxygen atoms in total. The molecule has 1 unspecified atom stereocenters. The van der Waals surface area contributed by atoms with E-state index in [1.54, 1.807) is 23.9 Å². The maximum atomic E-state index is 12.2. The lowest BCUT2D eigenvalue weighted by atomic mass is 10.1. The third-order valence-corrected chi connectivity index (χ3v) is 4.69. The van der Waals surface area contributed by atoms with Crippen LogP contribution in [0.15, 0.2) is 23.1 Å². The largest absolute Gasteiger partial charge is 0.376 e. The Kier molecular flexibility index (Phi) is 4.45. The van der Waals surface area contributed by atoms with Gasteiger partial charge in [0.15, 0.2) is 0 Å². The first kappa shape index (κ1) is 14.4. The predicted octanol–water partition coefficient (Wildman–Crippen LogP) is 2.03. The van der Waals surface area contributed by atoms with Crippen LogP contribution in [0.1, 0.15) is 29.6 Å². The van der Waals surface area contributed by atoms with Crippen molar-refractivity contribution in [3.05, 3.63) is 23.8 Å². The zero-order valence-corrected chi connectivity index (χ0v) is 12.5. The van der Waals surface area contributed by atoms with Gasteiger partial charge in [-0.15, -0.1) is 11.8 Å². The van der Waals surface area contributed by atoms with Crippen molar-refractivity contribution in [3.8, 4) is 0 Å². The van der Waals surface area contributed by atoms with Gasteiger partial charge >= 0.3 is 0 Å². The SMILES string of the molecule is O=C1CCSc2ccc(C(=O)NCC3CCCO3)cc2N1. The van der Waals surface area contributed by atoms with E-state index in [1.165, 1.54) is 0 Å². The summed E-state index contributed by atoms with van der Waals surface area (Å²) in [5, 5.41) is 5.74. The summed E-state index contributed by atoms with van der Waals surface area (Å²) in [6, 6.07) is 5.44. The Labute approximate surface area is 127 Å². The highest BCUT2D eigenvalue weighted by Gasteiger charge is 2.18. The molecule has 1 atom stereocenters. The zero-order chi connectivity index (χ0) is 14.7. The van der Waals surface area contributed by atoms with Crippen LogP contribution < -0.4 is 10.6 Å². The summed E-state index contributed by atoms with van der Waals surface area (Å²) in [6.45, 7) is 1.32. The van der Waals surface area contributed by atoms with Crippen molar-refractivity contribution in [2.24, 2.45) is 0 Å². The number of rotatable bonds is 3. The molecule has 0 aromatic heterocycles. The molecule has 1 saturated heterocycles. The van der Waals surface area contributed by atoms with Crippen LogP contribution in [0.3, 0.4) is 0 Å². The summed E-state index contributed by atoms with van der Waals surface area (Å²) in [6.07, 6.45) is 2.68. The first-order chi connectivity index (χ1) is 10.2. The van der Waals surface area contributed by atoms with Crippen molar-refractivity contribution in [2.45, 2.75) is 30.3 Å². The summed E-state index contributed by atoms with van der Waals surface area (Å²) in [5.74, 6) is 0.638. The molecule has 0 spiro atoms. The molecule has 0 saturated carbocycles. The van der Waals surface area contributed by atoms with Gasteiger partial charge in [-0.05, 0) is 31.0 Å². The molecule has 0 radical (unpaired) electrons. The number of amides is 2. The van der Waals surface area contributed by atoms with E-state index in [2.05, 4.69) is 10.6 Å². The Morgan fingerprint density at radius 2 is 2.38 bits per heavy atom. The molecule has 0 bridgehead atoms. The van der Waals surface area contributed by atoms with E-state index < -0.39 is 0 Å². The van der Waals surface area contributed by atoms with Crippen molar-refractivity contribution in [1.29, 1.82) is 0 Å². The van der Waals surface area contributed by atoms with Crippen LogP contribution in [0.2, 0.25) is 0 Å². The molecule has 3 rings (SSSR count). The van der Waals surface area contributed by atoms with Crippen molar-refractivity contribution in [2.75, 3.05) is 24.2 Å². The number of thioether (sulfide) groups is 1. The third kappa shape index (κ3) is 3.57. The van der Waals surface area contributed by atoms with Gasteiger partial charge in [0.25, 0.3) is 5.91 Å². The van der Waals surface area contributed by atoms with Crippen LogP contribution in [-0.2, 0) is 9.53 Å². The van der Waals surface area contributed by atoms with Crippen LogP contribution in [0.5, 0.6) is 0 Å². The topological polar surface area (TPSA) is 67.4 Å².